The summed E-state index contributed by atoms with van der Waals surface area (Å²) in [6, 6.07) is 8.22. The number of nitrogens with zero attached hydrogens (tertiary/aromatic N) is 3. The van der Waals surface area contributed by atoms with E-state index in [1.807, 2.05) is 31.2 Å². The van der Waals surface area contributed by atoms with Crippen LogP contribution in [-0.4, -0.2) is 39.7 Å². The monoisotopic (exact) mass is 299 g/mol. The number of aryl methyl sites for hydroxylation is 1. The molecule has 2 aromatic rings. The average molecular weight is 299 g/mol. The first kappa shape index (κ1) is 14.3. The van der Waals surface area contributed by atoms with Crippen LogP contribution in [-0.2, 0) is 13.0 Å². The van der Waals surface area contributed by atoms with Gasteiger partial charge in [-0.1, -0.05) is 24.3 Å². The topological polar surface area (TPSA) is 75.6 Å². The van der Waals surface area contributed by atoms with Gasteiger partial charge in [-0.2, -0.15) is 9.97 Å². The summed E-state index contributed by atoms with van der Waals surface area (Å²) in [4.78, 5) is 21.5. The van der Waals surface area contributed by atoms with Crippen molar-refractivity contribution in [3.8, 4) is 17.3 Å². The van der Waals surface area contributed by atoms with Crippen LogP contribution in [0.5, 0.6) is 6.01 Å². The van der Waals surface area contributed by atoms with Crippen LogP contribution >= 0.6 is 0 Å². The maximum absolute atomic E-state index is 11.3. The second kappa shape index (κ2) is 5.63. The second-order valence-corrected chi connectivity index (χ2v) is 5.25. The summed E-state index contributed by atoms with van der Waals surface area (Å²) in [6.45, 7) is 2.75. The largest absolute Gasteiger partial charge is 0.467 e. The van der Waals surface area contributed by atoms with Crippen molar-refractivity contribution in [3.63, 3.8) is 0 Å². The van der Waals surface area contributed by atoms with Gasteiger partial charge in [0, 0.05) is 24.1 Å². The molecule has 1 aliphatic rings. The number of rotatable bonds is 2. The van der Waals surface area contributed by atoms with Gasteiger partial charge in [-0.15, -0.1) is 0 Å². The lowest BCUT2D eigenvalue weighted by Gasteiger charge is -2.27. The number of hydrogen-bond donors (Lipinski definition) is 1. The van der Waals surface area contributed by atoms with Gasteiger partial charge in [0.1, 0.15) is 0 Å². The Morgan fingerprint density at radius 3 is 2.77 bits per heavy atom. The summed E-state index contributed by atoms with van der Waals surface area (Å²) >= 11 is 0. The van der Waals surface area contributed by atoms with Gasteiger partial charge < -0.3 is 14.7 Å². The van der Waals surface area contributed by atoms with E-state index in [2.05, 4.69) is 9.97 Å². The Morgan fingerprint density at radius 2 is 2.09 bits per heavy atom. The minimum Gasteiger partial charge on any atom is -0.467 e. The molecule has 0 aliphatic carbocycles. The first-order valence-corrected chi connectivity index (χ1v) is 7.08. The summed E-state index contributed by atoms with van der Waals surface area (Å²) in [6.07, 6.45) is -0.350. The van der Waals surface area contributed by atoms with Crippen LogP contribution < -0.4 is 4.74 Å². The third-order valence-electron chi connectivity index (χ3n) is 3.89. The van der Waals surface area contributed by atoms with Crippen molar-refractivity contribution < 1.29 is 14.6 Å². The van der Waals surface area contributed by atoms with Gasteiger partial charge in [0.2, 0.25) is 0 Å². The number of aromatic nitrogens is 2. The molecule has 6 nitrogen and oxygen atoms in total. The second-order valence-electron chi connectivity index (χ2n) is 5.25. The fraction of sp³-hybridized carbons (Fsp3) is 0.312. The highest BCUT2D eigenvalue weighted by atomic mass is 16.5. The molecule has 1 amide bonds. The molecule has 0 saturated carbocycles. The van der Waals surface area contributed by atoms with E-state index < -0.39 is 6.09 Å². The zero-order valence-corrected chi connectivity index (χ0v) is 12.5. The highest BCUT2D eigenvalue weighted by Gasteiger charge is 2.26. The van der Waals surface area contributed by atoms with Crippen molar-refractivity contribution in [2.45, 2.75) is 19.9 Å². The van der Waals surface area contributed by atoms with E-state index in [1.54, 1.807) is 0 Å². The van der Waals surface area contributed by atoms with Gasteiger partial charge >= 0.3 is 12.1 Å². The highest BCUT2D eigenvalue weighted by molar-refractivity contribution is 5.70. The molecule has 6 heteroatoms. The molecule has 0 fully saturated rings. The molecule has 0 saturated heterocycles. The maximum atomic E-state index is 11.3. The van der Waals surface area contributed by atoms with Crippen molar-refractivity contribution in [1.29, 1.82) is 0 Å². The van der Waals surface area contributed by atoms with Gasteiger partial charge in [-0.05, 0) is 12.5 Å². The molecule has 1 aromatic carbocycles. The predicted octanol–water partition coefficient (Wildman–Crippen LogP) is 2.50. The summed E-state index contributed by atoms with van der Waals surface area (Å²) in [5.74, 6) is 0. The van der Waals surface area contributed by atoms with Crippen molar-refractivity contribution in [3.05, 3.63) is 41.1 Å². The van der Waals surface area contributed by atoms with Crippen LogP contribution in [0.25, 0.3) is 11.3 Å². The van der Waals surface area contributed by atoms with E-state index in [1.165, 1.54) is 12.0 Å². The van der Waals surface area contributed by atoms with Crippen LogP contribution in [0.15, 0.2) is 24.3 Å². The molecule has 0 bridgehead atoms. The maximum Gasteiger partial charge on any atom is 0.407 e. The highest BCUT2D eigenvalue weighted by Crippen LogP contribution is 2.31. The molecule has 1 aromatic heterocycles. The number of carbonyl (C=O) groups is 1. The smallest absolute Gasteiger partial charge is 0.407 e. The number of carboxylic acid groups (broad SMARTS) is 1. The van der Waals surface area contributed by atoms with E-state index in [4.69, 9.17) is 4.74 Å². The first-order chi connectivity index (χ1) is 10.6. The lowest BCUT2D eigenvalue weighted by molar-refractivity contribution is 0.139. The quantitative estimate of drug-likeness (QED) is 0.922. The Balaban J connectivity index is 2.17. The SMILES string of the molecule is COc1nc2c(c(-c3ccccc3C)n1)CN(C(=O)O)CC2. The molecule has 0 unspecified atom stereocenters. The lowest BCUT2D eigenvalue weighted by atomic mass is 9.97. The Labute approximate surface area is 128 Å². The van der Waals surface area contributed by atoms with Crippen LogP contribution in [0.3, 0.4) is 0 Å². The molecule has 0 atom stereocenters. The zero-order chi connectivity index (χ0) is 15.7. The van der Waals surface area contributed by atoms with E-state index in [-0.39, 0.29) is 0 Å². The number of ether oxygens (including phenoxy) is 1. The molecule has 0 spiro atoms. The Kier molecular flexibility index (Phi) is 3.66. The molecule has 2 heterocycles. The average Bonchev–Trinajstić information content (AvgIpc) is 2.53. The molecule has 1 N–H and O–H groups in total. The van der Waals surface area contributed by atoms with E-state index in [0.29, 0.717) is 25.5 Å². The van der Waals surface area contributed by atoms with Crippen molar-refractivity contribution in [1.82, 2.24) is 14.9 Å². The fourth-order valence-corrected chi connectivity index (χ4v) is 2.71. The van der Waals surface area contributed by atoms with Gasteiger partial charge in [0.25, 0.3) is 0 Å². The molecule has 0 radical (unpaired) electrons. The molecule has 114 valence electrons. The third-order valence-corrected chi connectivity index (χ3v) is 3.89. The normalized spacial score (nSPS) is 13.6. The standard InChI is InChI=1S/C16H17N3O3/c1-10-5-3-4-6-11(10)14-12-9-19(16(20)21)8-7-13(12)17-15(18-14)22-2/h3-6H,7-9H2,1-2H3,(H,20,21). The Bertz CT molecular complexity index is 731. The van der Waals surface area contributed by atoms with Crippen molar-refractivity contribution in [2.75, 3.05) is 13.7 Å². The third kappa shape index (κ3) is 2.47. The number of hydrogen-bond acceptors (Lipinski definition) is 4. The summed E-state index contributed by atoms with van der Waals surface area (Å²) in [5.41, 5.74) is 4.54. The lowest BCUT2D eigenvalue weighted by Crippen LogP contribution is -2.35. The van der Waals surface area contributed by atoms with E-state index in [0.717, 1.165) is 28.1 Å². The zero-order valence-electron chi connectivity index (χ0n) is 12.5. The van der Waals surface area contributed by atoms with Crippen molar-refractivity contribution in [2.24, 2.45) is 0 Å². The van der Waals surface area contributed by atoms with Gasteiger partial charge in [0.05, 0.1) is 25.0 Å². The number of amides is 1. The van der Waals surface area contributed by atoms with Gasteiger partial charge in [0.15, 0.2) is 0 Å². The fourth-order valence-electron chi connectivity index (χ4n) is 2.71. The molecule has 3 rings (SSSR count). The van der Waals surface area contributed by atoms with Crippen molar-refractivity contribution >= 4 is 6.09 Å². The minimum absolute atomic E-state index is 0.304. The number of benzene rings is 1. The summed E-state index contributed by atoms with van der Waals surface area (Å²) in [5, 5.41) is 9.24. The van der Waals surface area contributed by atoms with Gasteiger partial charge in [-0.3, -0.25) is 0 Å². The summed E-state index contributed by atoms with van der Waals surface area (Å²) < 4.78 is 5.20. The molecular formula is C16H17N3O3. The predicted molar refractivity (Wildman–Crippen MR) is 80.9 cm³/mol. The molecule has 1 aliphatic heterocycles. The van der Waals surface area contributed by atoms with Crippen LogP contribution in [0.1, 0.15) is 16.8 Å². The number of fused-ring (bicyclic) bond motifs is 1. The Morgan fingerprint density at radius 1 is 1.32 bits per heavy atom. The van der Waals surface area contributed by atoms with E-state index in [9.17, 15) is 9.90 Å². The van der Waals surface area contributed by atoms with Crippen LogP contribution in [0.2, 0.25) is 0 Å². The Hall–Kier alpha value is -2.63. The molecular weight excluding hydrogens is 282 g/mol. The van der Waals surface area contributed by atoms with Crippen LogP contribution in [0, 0.1) is 6.92 Å². The molecule has 22 heavy (non-hydrogen) atoms. The number of methoxy groups -OCH3 is 1. The first-order valence-electron chi connectivity index (χ1n) is 7.08. The van der Waals surface area contributed by atoms with Crippen LogP contribution in [0.4, 0.5) is 4.79 Å². The van der Waals surface area contributed by atoms with E-state index >= 15 is 0 Å². The van der Waals surface area contributed by atoms with Gasteiger partial charge in [-0.25, -0.2) is 4.79 Å². The summed E-state index contributed by atoms with van der Waals surface area (Å²) in [7, 11) is 1.54. The minimum atomic E-state index is -0.919.